The van der Waals surface area contributed by atoms with Crippen LogP contribution in [0.1, 0.15) is 6.42 Å². The van der Waals surface area contributed by atoms with Gasteiger partial charge in [0.1, 0.15) is 0 Å². The van der Waals surface area contributed by atoms with Gasteiger partial charge in [0, 0.05) is 19.6 Å². The summed E-state index contributed by atoms with van der Waals surface area (Å²) in [5, 5.41) is 2.90. The fraction of sp³-hybridized carbons (Fsp3) is 0.778. The van der Waals surface area contributed by atoms with Crippen molar-refractivity contribution in [3.8, 4) is 12.3 Å². The largest absolute Gasteiger partial charge is 0.390 e. The average molecular weight is 208 g/mol. The lowest BCUT2D eigenvalue weighted by molar-refractivity contribution is -0.137. The summed E-state index contributed by atoms with van der Waals surface area (Å²) >= 11 is 0. The van der Waals surface area contributed by atoms with Crippen LogP contribution in [0.15, 0.2) is 0 Å². The minimum atomic E-state index is -4.07. The molecule has 0 radical (unpaired) electrons. The van der Waals surface area contributed by atoms with Crippen molar-refractivity contribution < 1.29 is 13.2 Å². The van der Waals surface area contributed by atoms with Crippen LogP contribution in [0.3, 0.4) is 0 Å². The molecule has 0 rings (SSSR count). The number of rotatable bonds is 6. The number of hydrogen-bond acceptors (Lipinski definition) is 2. The molecule has 5 heteroatoms. The first-order chi connectivity index (χ1) is 6.45. The molecule has 14 heavy (non-hydrogen) atoms. The third kappa shape index (κ3) is 9.36. The van der Waals surface area contributed by atoms with E-state index in [2.05, 4.69) is 11.2 Å². The van der Waals surface area contributed by atoms with E-state index in [4.69, 9.17) is 6.42 Å². The summed E-state index contributed by atoms with van der Waals surface area (Å²) in [5.41, 5.74) is 0. The highest BCUT2D eigenvalue weighted by atomic mass is 19.4. The maximum absolute atomic E-state index is 11.8. The van der Waals surface area contributed by atoms with Crippen molar-refractivity contribution in [2.75, 3.05) is 33.2 Å². The second kappa shape index (κ2) is 6.68. The molecule has 0 aliphatic heterocycles. The minimum Gasteiger partial charge on any atom is -0.305 e. The highest BCUT2D eigenvalue weighted by molar-refractivity contribution is 4.86. The van der Waals surface area contributed by atoms with E-state index < -0.39 is 12.6 Å². The molecule has 0 aliphatic carbocycles. The normalized spacial score (nSPS) is 11.7. The van der Waals surface area contributed by atoms with Crippen molar-refractivity contribution in [2.45, 2.75) is 12.6 Å². The van der Waals surface area contributed by atoms with Crippen molar-refractivity contribution in [3.63, 3.8) is 0 Å². The SMILES string of the molecule is C#CCNCCN(C)CCC(F)(F)F. The minimum absolute atomic E-state index is 0.0290. The number of halogens is 3. The molecule has 0 aromatic heterocycles. The molecule has 0 aliphatic rings. The monoisotopic (exact) mass is 208 g/mol. The summed E-state index contributed by atoms with van der Waals surface area (Å²) in [6, 6.07) is 0. The fourth-order valence-corrected chi connectivity index (χ4v) is 0.860. The van der Waals surface area contributed by atoms with E-state index in [1.54, 1.807) is 11.9 Å². The lowest BCUT2D eigenvalue weighted by atomic mass is 10.4. The van der Waals surface area contributed by atoms with Crippen molar-refractivity contribution in [2.24, 2.45) is 0 Å². The Morgan fingerprint density at radius 1 is 1.36 bits per heavy atom. The summed E-state index contributed by atoms with van der Waals surface area (Å²) in [7, 11) is 1.66. The molecule has 0 fully saturated rings. The molecule has 0 atom stereocenters. The highest BCUT2D eigenvalue weighted by Crippen LogP contribution is 2.19. The Hall–Kier alpha value is -0.730. The summed E-state index contributed by atoms with van der Waals surface area (Å²) in [4.78, 5) is 1.62. The molecule has 0 aromatic carbocycles. The van der Waals surface area contributed by atoms with Gasteiger partial charge in [-0.3, -0.25) is 0 Å². The molecule has 0 unspecified atom stereocenters. The Kier molecular flexibility index (Phi) is 6.34. The first-order valence-corrected chi connectivity index (χ1v) is 4.35. The summed E-state index contributed by atoms with van der Waals surface area (Å²) in [6.07, 6.45) is 0.152. The van der Waals surface area contributed by atoms with Crippen LogP contribution in [0.2, 0.25) is 0 Å². The lowest BCUT2D eigenvalue weighted by Crippen LogP contribution is -2.31. The molecule has 0 saturated heterocycles. The molecule has 2 nitrogen and oxygen atoms in total. The van der Waals surface area contributed by atoms with Crippen molar-refractivity contribution in [1.29, 1.82) is 0 Å². The summed E-state index contributed by atoms with van der Waals surface area (Å²) in [5.74, 6) is 2.39. The second-order valence-corrected chi connectivity index (χ2v) is 3.05. The van der Waals surface area contributed by atoms with Gasteiger partial charge in [-0.25, -0.2) is 0 Å². The molecular weight excluding hydrogens is 193 g/mol. The molecule has 0 amide bonds. The molecule has 82 valence electrons. The van der Waals surface area contributed by atoms with Gasteiger partial charge in [-0.05, 0) is 7.05 Å². The topological polar surface area (TPSA) is 15.3 Å². The van der Waals surface area contributed by atoms with Gasteiger partial charge in [0.25, 0.3) is 0 Å². The summed E-state index contributed by atoms with van der Waals surface area (Å²) in [6.45, 7) is 1.66. The van der Waals surface area contributed by atoms with E-state index in [1.807, 2.05) is 0 Å². The molecule has 0 heterocycles. The predicted molar refractivity (Wildman–Crippen MR) is 49.9 cm³/mol. The Balaban J connectivity index is 3.38. The summed E-state index contributed by atoms with van der Waals surface area (Å²) < 4.78 is 35.4. The molecule has 1 N–H and O–H groups in total. The molecule has 0 bridgehead atoms. The average Bonchev–Trinajstić information content (AvgIpc) is 2.08. The van der Waals surface area contributed by atoms with Gasteiger partial charge >= 0.3 is 6.18 Å². The molecule has 0 spiro atoms. The lowest BCUT2D eigenvalue weighted by Gasteiger charge is -2.17. The van der Waals surface area contributed by atoms with E-state index in [0.29, 0.717) is 19.6 Å². The Bertz CT molecular complexity index is 183. The third-order valence-electron chi connectivity index (χ3n) is 1.67. The van der Waals surface area contributed by atoms with Crippen molar-refractivity contribution >= 4 is 0 Å². The van der Waals surface area contributed by atoms with Gasteiger partial charge < -0.3 is 10.2 Å². The van der Waals surface area contributed by atoms with Crippen LogP contribution in [-0.2, 0) is 0 Å². The number of alkyl halides is 3. The smallest absolute Gasteiger partial charge is 0.305 e. The zero-order valence-electron chi connectivity index (χ0n) is 8.19. The van der Waals surface area contributed by atoms with Crippen LogP contribution < -0.4 is 5.32 Å². The van der Waals surface area contributed by atoms with Gasteiger partial charge in [0.15, 0.2) is 0 Å². The maximum Gasteiger partial charge on any atom is 0.390 e. The van der Waals surface area contributed by atoms with Crippen molar-refractivity contribution in [3.05, 3.63) is 0 Å². The zero-order chi connectivity index (χ0) is 11.0. The van der Waals surface area contributed by atoms with Gasteiger partial charge in [-0.15, -0.1) is 6.42 Å². The fourth-order valence-electron chi connectivity index (χ4n) is 0.860. The van der Waals surface area contributed by atoms with Crippen LogP contribution in [0.5, 0.6) is 0 Å². The van der Waals surface area contributed by atoms with Gasteiger partial charge in [-0.2, -0.15) is 13.2 Å². The molecule has 0 saturated carbocycles. The van der Waals surface area contributed by atoms with Crippen molar-refractivity contribution in [1.82, 2.24) is 10.2 Å². The van der Waals surface area contributed by atoms with Crippen LogP contribution in [0.25, 0.3) is 0 Å². The van der Waals surface area contributed by atoms with E-state index in [9.17, 15) is 13.2 Å². The van der Waals surface area contributed by atoms with E-state index in [0.717, 1.165) is 0 Å². The first kappa shape index (κ1) is 13.3. The van der Waals surface area contributed by atoms with E-state index in [-0.39, 0.29) is 6.54 Å². The highest BCUT2D eigenvalue weighted by Gasteiger charge is 2.26. The molecule has 0 aromatic rings. The number of terminal acetylenes is 1. The van der Waals surface area contributed by atoms with Crippen LogP contribution >= 0.6 is 0 Å². The van der Waals surface area contributed by atoms with Crippen LogP contribution in [0, 0.1) is 12.3 Å². The number of hydrogen-bond donors (Lipinski definition) is 1. The van der Waals surface area contributed by atoms with E-state index >= 15 is 0 Å². The van der Waals surface area contributed by atoms with Crippen LogP contribution in [-0.4, -0.2) is 44.3 Å². The van der Waals surface area contributed by atoms with E-state index in [1.165, 1.54) is 0 Å². The Morgan fingerprint density at radius 3 is 2.50 bits per heavy atom. The van der Waals surface area contributed by atoms with Gasteiger partial charge in [0.2, 0.25) is 0 Å². The standard InChI is InChI=1S/C9H15F3N2/c1-3-5-13-6-8-14(2)7-4-9(10,11)12/h1,13H,4-8H2,2H3. The number of likely N-dealkylation sites (N-methyl/N-ethyl adjacent to an activating group) is 1. The molecular formula is C9H15F3N2. The predicted octanol–water partition coefficient (Wildman–Crippen LogP) is 1.09. The van der Waals surface area contributed by atoms with Gasteiger partial charge in [0.05, 0.1) is 13.0 Å². The van der Waals surface area contributed by atoms with Gasteiger partial charge in [-0.1, -0.05) is 5.92 Å². The first-order valence-electron chi connectivity index (χ1n) is 4.35. The number of nitrogens with zero attached hydrogens (tertiary/aromatic N) is 1. The van der Waals surface area contributed by atoms with Crippen LogP contribution in [0.4, 0.5) is 13.2 Å². The number of nitrogens with one attached hydrogen (secondary N) is 1. The zero-order valence-corrected chi connectivity index (χ0v) is 8.19. The quantitative estimate of drug-likeness (QED) is 0.519. The third-order valence-corrected chi connectivity index (χ3v) is 1.67. The Labute approximate surface area is 82.5 Å². The second-order valence-electron chi connectivity index (χ2n) is 3.05. The maximum atomic E-state index is 11.8. The Morgan fingerprint density at radius 2 is 2.00 bits per heavy atom.